The van der Waals surface area contributed by atoms with Crippen LogP contribution in [0.1, 0.15) is 147 Å². The average molecular weight is 1810 g/mol. The molecule has 0 aromatic heterocycles. The SMILES string of the molecule is CC(C)(C)OC(=O)CN(C(=O)c1c(F)cccc1C(F)(F)F)c1ccc(Cl)c(Cl)c1.CC(C)(C)OC(=O)CN(C(=O)c1c(F)cccc1F)c1cccc(-c2ccccc2Cl)c1.Cc1cccc(-c2cccc(N(CC(=O)OC(C)(C)C)C(=O)c3c(F)cccc3F)c2)c1C.Cc1ccccc1-c1cccc(N(CC(=O)OC(C)(C)C)C(=O)c2c(F)cccc2F)c1. The van der Waals surface area contributed by atoms with Crippen LogP contribution in [-0.4, -0.2) is 96.1 Å². The van der Waals surface area contributed by atoms with Crippen molar-refractivity contribution < 1.29 is 101 Å². The molecule has 666 valence electrons. The van der Waals surface area contributed by atoms with Gasteiger partial charge >= 0.3 is 30.1 Å². The Labute approximate surface area is 744 Å². The van der Waals surface area contributed by atoms with Gasteiger partial charge in [0, 0.05) is 33.3 Å². The lowest BCUT2D eigenvalue weighted by Crippen LogP contribution is -2.40. The van der Waals surface area contributed by atoms with Crippen LogP contribution in [-0.2, 0) is 44.3 Å². The van der Waals surface area contributed by atoms with Crippen molar-refractivity contribution in [1.29, 1.82) is 0 Å². The van der Waals surface area contributed by atoms with Gasteiger partial charge in [0.1, 0.15) is 106 Å². The summed E-state index contributed by atoms with van der Waals surface area (Å²) in [7, 11) is 0. The third-order valence-corrected chi connectivity index (χ3v) is 19.2. The third-order valence-electron chi connectivity index (χ3n) is 18.1. The molecule has 4 amide bonds. The first-order chi connectivity index (χ1) is 59.3. The van der Waals surface area contributed by atoms with E-state index in [2.05, 4.69) is 0 Å². The van der Waals surface area contributed by atoms with Gasteiger partial charge in [0.05, 0.1) is 21.2 Å². The molecule has 0 spiro atoms. The quantitative estimate of drug-likeness (QED) is 0.0424. The van der Waals surface area contributed by atoms with Gasteiger partial charge in [-0.1, -0.05) is 156 Å². The Morgan fingerprint density at radius 2 is 0.559 bits per heavy atom. The Bertz CT molecular complexity index is 5660. The van der Waals surface area contributed by atoms with Crippen LogP contribution in [0, 0.1) is 61.5 Å². The Morgan fingerprint density at radius 3 is 0.898 bits per heavy atom. The highest BCUT2D eigenvalue weighted by Gasteiger charge is 2.40. The van der Waals surface area contributed by atoms with Crippen molar-refractivity contribution in [1.82, 2.24) is 0 Å². The van der Waals surface area contributed by atoms with E-state index in [0.29, 0.717) is 38.5 Å². The Morgan fingerprint density at radius 1 is 0.283 bits per heavy atom. The lowest BCUT2D eigenvalue weighted by atomic mass is 9.96. The Kier molecular flexibility index (Phi) is 33.4. The predicted molar refractivity (Wildman–Crippen MR) is 472 cm³/mol. The van der Waals surface area contributed by atoms with E-state index >= 15 is 0 Å². The van der Waals surface area contributed by atoms with Crippen LogP contribution in [0.25, 0.3) is 33.4 Å². The second-order valence-electron chi connectivity index (χ2n) is 32.7. The number of amides is 4. The zero-order valence-corrected chi connectivity index (χ0v) is 74.1. The summed E-state index contributed by atoms with van der Waals surface area (Å²) < 4.78 is 162. The first-order valence-corrected chi connectivity index (χ1v) is 40.4. The first-order valence-electron chi connectivity index (χ1n) is 39.3. The largest absolute Gasteiger partial charge is 0.459 e. The standard InChI is InChI=1S/C27H27F2NO3.C26H25F2NO3.C25H22ClF2NO3.C20H17Cl2F4NO3/c1-17-9-6-12-21(18(17)2)19-10-7-11-20(15-19)30(16-24(31)33-27(3,4)5)26(32)25-22(28)13-8-14-23(25)29;1-17-9-5-6-12-20(17)18-10-7-11-19(15-18)29(16-23(30)32-26(2,3)4)25(31)24-21(27)13-8-14-22(24)28;1-25(2,3)32-22(30)15-29(24(31)23-20(27)12-7-13-21(23)28)17-9-6-8-16(14-17)18-10-4-5-11-19(18)26;1-19(2,3)30-16(28)10-27(11-7-8-13(21)14(22)9-11)18(29)17-12(20(24,25)26)5-4-6-15(17)23/h6-15H,16H2,1-5H3;5-15H,16H2,1-4H3;4-14H,15H2,1-3H3;4-9H,10H2,1-3H3. The van der Waals surface area contributed by atoms with Crippen LogP contribution in [0.3, 0.4) is 0 Å². The van der Waals surface area contributed by atoms with Crippen LogP contribution in [0.5, 0.6) is 0 Å². The van der Waals surface area contributed by atoms with Crippen molar-refractivity contribution in [2.24, 2.45) is 0 Å². The zero-order chi connectivity index (χ0) is 94.1. The summed E-state index contributed by atoms with van der Waals surface area (Å²) in [4.78, 5) is 107. The zero-order valence-electron chi connectivity index (χ0n) is 71.9. The van der Waals surface area contributed by atoms with E-state index in [4.69, 9.17) is 53.8 Å². The van der Waals surface area contributed by atoms with Crippen molar-refractivity contribution in [3.05, 3.63) is 331 Å². The van der Waals surface area contributed by atoms with E-state index in [-0.39, 0.29) is 21.4 Å². The van der Waals surface area contributed by atoms with Crippen molar-refractivity contribution in [3.63, 3.8) is 0 Å². The van der Waals surface area contributed by atoms with E-state index in [1.54, 1.807) is 162 Å². The Balaban J connectivity index is 0.000000210. The van der Waals surface area contributed by atoms with Gasteiger partial charge in [-0.05, 0) is 258 Å². The summed E-state index contributed by atoms with van der Waals surface area (Å²) >= 11 is 18.1. The van der Waals surface area contributed by atoms with Gasteiger partial charge in [-0.25, -0.2) is 30.7 Å². The number of anilines is 4. The van der Waals surface area contributed by atoms with E-state index < -0.39 is 171 Å². The minimum atomic E-state index is -5.00. The molecule has 29 heteroatoms. The molecule has 0 N–H and O–H groups in total. The molecule has 11 aromatic carbocycles. The first kappa shape index (κ1) is 99.8. The topological polar surface area (TPSA) is 186 Å². The average Bonchev–Trinajstić information content (AvgIpc) is 0.784. The summed E-state index contributed by atoms with van der Waals surface area (Å²) in [6.07, 6.45) is -5.00. The lowest BCUT2D eigenvalue weighted by Gasteiger charge is -2.26. The Hall–Kier alpha value is -12.7. The third kappa shape index (κ3) is 27.9. The highest BCUT2D eigenvalue weighted by Crippen LogP contribution is 2.39. The van der Waals surface area contributed by atoms with E-state index in [9.17, 15) is 82.3 Å². The minimum absolute atomic E-state index is 0.0132. The van der Waals surface area contributed by atoms with Crippen molar-refractivity contribution in [3.8, 4) is 33.4 Å². The fourth-order valence-corrected chi connectivity index (χ4v) is 13.1. The number of hydrogen-bond acceptors (Lipinski definition) is 12. The fourth-order valence-electron chi connectivity index (χ4n) is 12.6. The molecule has 11 rings (SSSR count). The molecule has 127 heavy (non-hydrogen) atoms. The van der Waals surface area contributed by atoms with Crippen LogP contribution in [0.15, 0.2) is 231 Å². The molecule has 0 saturated carbocycles. The van der Waals surface area contributed by atoms with Gasteiger partial charge in [-0.2, -0.15) is 13.2 Å². The molecule has 0 radical (unpaired) electrons. The summed E-state index contributed by atoms with van der Waals surface area (Å²) in [5.74, 6) is -14.7. The molecule has 0 aliphatic rings. The number of nitrogens with zero attached hydrogens (tertiary/aromatic N) is 4. The molecule has 0 fully saturated rings. The molecule has 0 saturated heterocycles. The number of esters is 4. The highest BCUT2D eigenvalue weighted by molar-refractivity contribution is 6.42. The molecule has 16 nitrogen and oxygen atoms in total. The molecular weight excluding hydrogens is 1720 g/mol. The number of hydrogen-bond donors (Lipinski definition) is 0. The van der Waals surface area contributed by atoms with Gasteiger partial charge in [-0.15, -0.1) is 0 Å². The number of carbonyl (C=O) groups is 8. The lowest BCUT2D eigenvalue weighted by molar-refractivity contribution is -0.154. The van der Waals surface area contributed by atoms with E-state index in [1.807, 2.05) is 81.4 Å². The second-order valence-corrected chi connectivity index (χ2v) is 33.9. The van der Waals surface area contributed by atoms with Gasteiger partial charge in [0.25, 0.3) is 23.6 Å². The van der Waals surface area contributed by atoms with Crippen molar-refractivity contribution >= 4 is 105 Å². The molecule has 0 bridgehead atoms. The van der Waals surface area contributed by atoms with E-state index in [1.165, 1.54) is 30.3 Å². The summed E-state index contributed by atoms with van der Waals surface area (Å²) in [6, 6.07) is 56.7. The number of aryl methyl sites for hydroxylation is 2. The monoisotopic (exact) mass is 1810 g/mol. The van der Waals surface area contributed by atoms with Crippen molar-refractivity contribution in [2.45, 2.75) is 132 Å². The maximum absolute atomic E-state index is 14.4. The van der Waals surface area contributed by atoms with Gasteiger partial charge < -0.3 is 18.9 Å². The maximum atomic E-state index is 14.4. The predicted octanol–water partition coefficient (Wildman–Crippen LogP) is 24.6. The maximum Gasteiger partial charge on any atom is 0.417 e. The van der Waals surface area contributed by atoms with Crippen LogP contribution < -0.4 is 19.6 Å². The number of ether oxygens (including phenoxy) is 4. The highest BCUT2D eigenvalue weighted by atomic mass is 35.5. The molecule has 0 aliphatic heterocycles. The summed E-state index contributed by atoms with van der Waals surface area (Å²) in [6.45, 7) is 23.7. The smallest absolute Gasteiger partial charge is 0.417 e. The fraction of sp³-hybridized carbons (Fsp3) is 0.245. The summed E-state index contributed by atoms with van der Waals surface area (Å²) in [5, 5.41) is 0.600. The number of rotatable bonds is 19. The van der Waals surface area contributed by atoms with Crippen LogP contribution in [0.4, 0.5) is 66.7 Å². The number of benzene rings is 11. The number of alkyl halides is 3. The number of halogens is 13. The molecule has 0 unspecified atom stereocenters. The van der Waals surface area contributed by atoms with Crippen LogP contribution in [0.2, 0.25) is 15.1 Å². The molecule has 0 heterocycles. The summed E-state index contributed by atoms with van der Waals surface area (Å²) in [5.41, 5.74) is 0.769. The van der Waals surface area contributed by atoms with Gasteiger partial charge in [0.15, 0.2) is 0 Å². The second kappa shape index (κ2) is 42.6. The number of carbonyl (C=O) groups excluding carboxylic acids is 8. The van der Waals surface area contributed by atoms with Gasteiger partial charge in [0.2, 0.25) is 0 Å². The molecule has 0 atom stereocenters. The van der Waals surface area contributed by atoms with Crippen molar-refractivity contribution in [2.75, 3.05) is 45.8 Å². The van der Waals surface area contributed by atoms with E-state index in [0.717, 1.165) is 108 Å². The normalized spacial score (nSPS) is 11.4. The van der Waals surface area contributed by atoms with Crippen LogP contribution >= 0.6 is 34.8 Å². The van der Waals surface area contributed by atoms with Gasteiger partial charge in [-0.3, -0.25) is 58.0 Å². The molecule has 0 aliphatic carbocycles. The molecular formula is C98H91Cl3F10N4O12. The molecule has 11 aromatic rings. The minimum Gasteiger partial charge on any atom is -0.459 e.